The zero-order chi connectivity index (χ0) is 8.69. The zero-order valence-electron chi connectivity index (χ0n) is 6.17. The van der Waals surface area contributed by atoms with E-state index in [2.05, 4.69) is 15.6 Å². The van der Waals surface area contributed by atoms with Crippen LogP contribution in [0.15, 0.2) is 25.2 Å². The van der Waals surface area contributed by atoms with Crippen LogP contribution in [0.2, 0.25) is 0 Å². The summed E-state index contributed by atoms with van der Waals surface area (Å²) in [5.74, 6) is 0. The molecule has 0 aliphatic rings. The summed E-state index contributed by atoms with van der Waals surface area (Å²) in [7, 11) is -1.93. The van der Waals surface area contributed by atoms with Crippen molar-refractivity contribution in [2.45, 2.75) is 13.0 Å². The predicted molar refractivity (Wildman–Crippen MR) is 42.3 cm³/mol. The number of aliphatic hydroxyl groups excluding tert-OH is 1. The van der Waals surface area contributed by atoms with Crippen LogP contribution in [0, 0.1) is 0 Å². The Bertz CT molecular complexity index is 135. The van der Waals surface area contributed by atoms with Gasteiger partial charge in [0.15, 0.2) is 0 Å². The van der Waals surface area contributed by atoms with Gasteiger partial charge in [0.1, 0.15) is 0 Å². The van der Waals surface area contributed by atoms with Crippen LogP contribution in [-0.4, -0.2) is 16.1 Å². The van der Waals surface area contributed by atoms with Gasteiger partial charge >= 0.3 is 8.60 Å². The maximum Gasteiger partial charge on any atom is 0.458 e. The van der Waals surface area contributed by atoms with Crippen molar-refractivity contribution in [1.29, 1.82) is 0 Å². The van der Waals surface area contributed by atoms with Crippen LogP contribution in [0.4, 0.5) is 0 Å². The third-order valence-corrected chi connectivity index (χ3v) is 1.30. The lowest BCUT2D eigenvalue weighted by Gasteiger charge is -2.04. The summed E-state index contributed by atoms with van der Waals surface area (Å²) in [5, 5.41) is 8.69. The van der Waals surface area contributed by atoms with Gasteiger partial charge in [0, 0.05) is 0 Å². The fraction of sp³-hybridized carbons (Fsp3) is 0.333. The molecule has 2 atom stereocenters. The molecular weight excluding hydrogens is 167 g/mol. The van der Waals surface area contributed by atoms with Gasteiger partial charge in [-0.3, -0.25) is 0 Å². The Kier molecular flexibility index (Phi) is 5.84. The summed E-state index contributed by atoms with van der Waals surface area (Å²) in [6.07, 6.45) is 3.04. The lowest BCUT2D eigenvalue weighted by molar-refractivity contribution is 0.239. The molecule has 0 aromatic rings. The molecule has 4 nitrogen and oxygen atoms in total. The van der Waals surface area contributed by atoms with E-state index in [0.29, 0.717) is 0 Å². The van der Waals surface area contributed by atoms with Crippen LogP contribution < -0.4 is 0 Å². The molecule has 0 heterocycles. The van der Waals surface area contributed by atoms with Gasteiger partial charge in [0.05, 0.1) is 18.6 Å². The molecule has 0 fully saturated rings. The average Bonchev–Trinajstić information content (AvgIpc) is 1.87. The molecule has 5 heteroatoms. The van der Waals surface area contributed by atoms with E-state index in [9.17, 15) is 0 Å². The summed E-state index contributed by atoms with van der Waals surface area (Å²) >= 11 is 0. The van der Waals surface area contributed by atoms with Crippen molar-refractivity contribution < 1.29 is 19.0 Å². The predicted octanol–water partition coefficient (Wildman–Crippen LogP) is 1.28. The molecule has 0 aromatic carbocycles. The zero-order valence-corrected chi connectivity index (χ0v) is 7.07. The minimum atomic E-state index is -1.93. The lowest BCUT2D eigenvalue weighted by Crippen LogP contribution is -1.91. The minimum Gasteiger partial charge on any atom is -0.426 e. The van der Waals surface area contributed by atoms with E-state index < -0.39 is 14.7 Å². The Morgan fingerprint density at radius 3 is 2.64 bits per heavy atom. The molecule has 2 N–H and O–H groups in total. The van der Waals surface area contributed by atoms with E-state index in [4.69, 9.17) is 10.00 Å². The molecule has 0 rings (SSSR count). The third kappa shape index (κ3) is 7.33. The first-order valence-corrected chi connectivity index (χ1v) is 4.08. The smallest absolute Gasteiger partial charge is 0.426 e. The van der Waals surface area contributed by atoms with Crippen molar-refractivity contribution >= 4 is 8.60 Å². The maximum absolute atomic E-state index is 8.78. The van der Waals surface area contributed by atoms with E-state index in [0.717, 1.165) is 6.26 Å². The Morgan fingerprint density at radius 2 is 2.18 bits per heavy atom. The largest absolute Gasteiger partial charge is 0.458 e. The molecule has 11 heavy (non-hydrogen) atoms. The molecule has 0 saturated carbocycles. The van der Waals surface area contributed by atoms with Crippen LogP contribution in [0.25, 0.3) is 0 Å². The van der Waals surface area contributed by atoms with Gasteiger partial charge in [-0.15, -0.1) is 0 Å². The van der Waals surface area contributed by atoms with E-state index in [1.807, 2.05) is 0 Å². The highest BCUT2D eigenvalue weighted by atomic mass is 31.2. The van der Waals surface area contributed by atoms with Crippen LogP contribution in [0.5, 0.6) is 0 Å². The van der Waals surface area contributed by atoms with Crippen molar-refractivity contribution in [1.82, 2.24) is 0 Å². The molecule has 0 saturated heterocycles. The Labute approximate surface area is 66.8 Å². The molecule has 0 amide bonds. The summed E-state index contributed by atoms with van der Waals surface area (Å²) in [6, 6.07) is 0. The molecule has 0 aliphatic heterocycles. The summed E-state index contributed by atoms with van der Waals surface area (Å²) in [4.78, 5) is 8.78. The quantitative estimate of drug-likeness (QED) is 0.491. The molecule has 0 radical (unpaired) electrons. The van der Waals surface area contributed by atoms with Crippen molar-refractivity contribution in [2.75, 3.05) is 0 Å². The van der Waals surface area contributed by atoms with Gasteiger partial charge in [0.2, 0.25) is 0 Å². The average molecular weight is 178 g/mol. The number of aliphatic hydroxyl groups is 1. The minimum absolute atomic E-state index is 0.595. The van der Waals surface area contributed by atoms with Gasteiger partial charge in [-0.2, -0.15) is 0 Å². The van der Waals surface area contributed by atoms with Crippen molar-refractivity contribution in [3.05, 3.63) is 25.2 Å². The molecule has 0 bridgehead atoms. The van der Waals surface area contributed by atoms with Gasteiger partial charge in [-0.25, -0.2) is 0 Å². The highest BCUT2D eigenvalue weighted by Gasteiger charge is 2.01. The van der Waals surface area contributed by atoms with Gasteiger partial charge < -0.3 is 19.0 Å². The molecule has 2 unspecified atom stereocenters. The van der Waals surface area contributed by atoms with Crippen molar-refractivity contribution in [2.24, 2.45) is 0 Å². The highest BCUT2D eigenvalue weighted by Crippen LogP contribution is 2.32. The first-order chi connectivity index (χ1) is 5.16. The summed E-state index contributed by atoms with van der Waals surface area (Å²) in [5.41, 5.74) is 0. The molecular formula is C6H11O4P. The molecule has 0 aliphatic carbocycles. The number of hydrogen-bond acceptors (Lipinski definition) is 4. The fourth-order valence-corrected chi connectivity index (χ4v) is 0.641. The second-order valence-electron chi connectivity index (χ2n) is 1.68. The molecule has 64 valence electrons. The maximum atomic E-state index is 8.78. The normalized spacial score (nSPS) is 15.9. The van der Waals surface area contributed by atoms with Gasteiger partial charge in [-0.05, 0) is 13.0 Å². The molecule has 0 spiro atoms. The van der Waals surface area contributed by atoms with E-state index >= 15 is 0 Å². The van der Waals surface area contributed by atoms with Crippen molar-refractivity contribution in [3.63, 3.8) is 0 Å². The standard InChI is InChI=1S/C6H11O4P/c1-3-9-11(8)10-5-4-6(2)7/h3-8H,1H2,2H3. The Hall–Kier alpha value is -0.570. The van der Waals surface area contributed by atoms with Crippen molar-refractivity contribution in [3.8, 4) is 0 Å². The van der Waals surface area contributed by atoms with Crippen LogP contribution >= 0.6 is 8.60 Å². The lowest BCUT2D eigenvalue weighted by atomic mass is 10.4. The highest BCUT2D eigenvalue weighted by molar-refractivity contribution is 7.40. The first-order valence-electron chi connectivity index (χ1n) is 2.95. The summed E-state index contributed by atoms with van der Waals surface area (Å²) in [6.45, 7) is 4.79. The van der Waals surface area contributed by atoms with E-state index in [1.165, 1.54) is 12.3 Å². The van der Waals surface area contributed by atoms with Gasteiger partial charge in [-0.1, -0.05) is 6.58 Å². The van der Waals surface area contributed by atoms with Crippen LogP contribution in [0.3, 0.4) is 0 Å². The fourth-order valence-electron chi connectivity index (χ4n) is 0.290. The van der Waals surface area contributed by atoms with Crippen LogP contribution in [-0.2, 0) is 9.05 Å². The topological polar surface area (TPSA) is 58.9 Å². The summed E-state index contributed by atoms with van der Waals surface area (Å²) < 4.78 is 9.03. The van der Waals surface area contributed by atoms with Gasteiger partial charge in [0.25, 0.3) is 0 Å². The number of rotatable bonds is 5. The monoisotopic (exact) mass is 178 g/mol. The second-order valence-corrected chi connectivity index (χ2v) is 2.58. The SMILES string of the molecule is C=COP(O)OC=CC(C)O. The number of hydrogen-bond donors (Lipinski definition) is 2. The van der Waals surface area contributed by atoms with E-state index in [-0.39, 0.29) is 0 Å². The second kappa shape index (κ2) is 6.16. The Morgan fingerprint density at radius 1 is 1.55 bits per heavy atom. The third-order valence-electron chi connectivity index (χ3n) is 0.673. The first kappa shape index (κ1) is 10.4. The molecule has 0 aromatic heterocycles. The Balaban J connectivity index is 3.43. The van der Waals surface area contributed by atoms with E-state index in [1.54, 1.807) is 6.92 Å². The van der Waals surface area contributed by atoms with Crippen LogP contribution in [0.1, 0.15) is 6.92 Å².